The number of aromatic nitrogens is 2. The molecule has 1 saturated carbocycles. The minimum atomic E-state index is -0.560. The fourth-order valence-corrected chi connectivity index (χ4v) is 5.59. The molecule has 1 unspecified atom stereocenters. The summed E-state index contributed by atoms with van der Waals surface area (Å²) < 4.78 is 32.7. The molecule has 7 nitrogen and oxygen atoms in total. The molecule has 38 heavy (non-hydrogen) atoms. The van der Waals surface area contributed by atoms with Gasteiger partial charge in [-0.2, -0.15) is 0 Å². The first-order valence-corrected chi connectivity index (χ1v) is 13.4. The highest BCUT2D eigenvalue weighted by molar-refractivity contribution is 5.46. The van der Waals surface area contributed by atoms with Gasteiger partial charge < -0.3 is 24.8 Å². The van der Waals surface area contributed by atoms with Crippen LogP contribution in [0, 0.1) is 11.2 Å². The molecule has 2 aliphatic heterocycles. The third kappa shape index (κ3) is 4.60. The molecule has 0 bridgehead atoms. The van der Waals surface area contributed by atoms with Crippen LogP contribution in [-0.2, 0) is 10.2 Å². The molecule has 3 fully saturated rings. The smallest absolute Gasteiger partial charge is 0.190 e. The molecule has 3 aromatic rings. The molecule has 1 atom stereocenters. The molecular weight excluding hydrogens is 483 g/mol. The summed E-state index contributed by atoms with van der Waals surface area (Å²) in [6, 6.07) is 16.6. The first-order chi connectivity index (χ1) is 18.2. The van der Waals surface area contributed by atoms with Crippen LogP contribution in [0.4, 0.5) is 10.2 Å². The van der Waals surface area contributed by atoms with Gasteiger partial charge in [-0.05, 0) is 55.2 Å². The molecule has 2 N–H and O–H groups in total. The number of nitrogens with two attached hydrogens (primary N) is 1. The molecular formula is C30H35FN4O3. The van der Waals surface area contributed by atoms with Crippen molar-refractivity contribution >= 4 is 5.82 Å². The maximum absolute atomic E-state index is 15.3. The highest BCUT2D eigenvalue weighted by Gasteiger charge is 2.50. The number of benzene rings is 2. The number of anilines is 1. The summed E-state index contributed by atoms with van der Waals surface area (Å²) in [5, 5.41) is 0. The van der Waals surface area contributed by atoms with Gasteiger partial charge in [0.05, 0.1) is 18.6 Å². The lowest BCUT2D eigenvalue weighted by molar-refractivity contribution is -0.127. The second-order valence-corrected chi connectivity index (χ2v) is 11.7. The third-order valence-electron chi connectivity index (χ3n) is 8.25. The van der Waals surface area contributed by atoms with E-state index < -0.39 is 11.9 Å². The molecule has 0 radical (unpaired) electrons. The van der Waals surface area contributed by atoms with Crippen molar-refractivity contribution < 1.29 is 18.6 Å². The fraction of sp³-hybridized carbons (Fsp3) is 0.467. The van der Waals surface area contributed by atoms with Crippen LogP contribution in [0.15, 0.2) is 54.9 Å². The van der Waals surface area contributed by atoms with E-state index in [0.29, 0.717) is 11.6 Å². The maximum atomic E-state index is 15.3. The van der Waals surface area contributed by atoms with Gasteiger partial charge in [-0.15, -0.1) is 0 Å². The van der Waals surface area contributed by atoms with Gasteiger partial charge in [0.1, 0.15) is 35.7 Å². The van der Waals surface area contributed by atoms with Crippen LogP contribution in [0.3, 0.4) is 0 Å². The fourth-order valence-electron chi connectivity index (χ4n) is 5.59. The predicted octanol–water partition coefficient (Wildman–Crippen LogP) is 4.79. The quantitative estimate of drug-likeness (QED) is 0.459. The molecule has 1 aromatic heterocycles. The predicted molar refractivity (Wildman–Crippen MR) is 143 cm³/mol. The Labute approximate surface area is 223 Å². The third-order valence-corrected chi connectivity index (χ3v) is 8.25. The lowest BCUT2D eigenvalue weighted by Gasteiger charge is -2.55. The van der Waals surface area contributed by atoms with Crippen LogP contribution < -0.4 is 20.1 Å². The van der Waals surface area contributed by atoms with Crippen molar-refractivity contribution in [3.8, 4) is 11.5 Å². The van der Waals surface area contributed by atoms with Gasteiger partial charge in [-0.25, -0.2) is 14.4 Å². The number of hydrogen-bond donors (Lipinski definition) is 1. The lowest BCUT2D eigenvalue weighted by Crippen LogP contribution is -2.66. The van der Waals surface area contributed by atoms with Crippen LogP contribution in [0.1, 0.15) is 56.5 Å². The summed E-state index contributed by atoms with van der Waals surface area (Å²) >= 11 is 0. The summed E-state index contributed by atoms with van der Waals surface area (Å²) in [7, 11) is 0. The number of halogens is 1. The molecule has 8 heteroatoms. The summed E-state index contributed by atoms with van der Waals surface area (Å²) in [5.41, 5.74) is 8.43. The largest absolute Gasteiger partial charge is 0.490 e. The summed E-state index contributed by atoms with van der Waals surface area (Å²) in [4.78, 5) is 10.4. The van der Waals surface area contributed by atoms with E-state index in [1.807, 2.05) is 36.1 Å². The molecule has 6 rings (SSSR count). The Balaban J connectivity index is 1.10. The lowest BCUT2D eigenvalue weighted by atomic mass is 9.78. The number of hydrogen-bond acceptors (Lipinski definition) is 7. The van der Waals surface area contributed by atoms with Gasteiger partial charge in [0.25, 0.3) is 0 Å². The zero-order valence-electron chi connectivity index (χ0n) is 22.2. The van der Waals surface area contributed by atoms with Crippen molar-refractivity contribution in [2.24, 2.45) is 11.1 Å². The molecule has 1 spiro atoms. The van der Waals surface area contributed by atoms with Crippen LogP contribution in [-0.4, -0.2) is 48.4 Å². The van der Waals surface area contributed by atoms with Crippen molar-refractivity contribution in [1.29, 1.82) is 0 Å². The average molecular weight is 519 g/mol. The molecule has 2 saturated heterocycles. The Bertz CT molecular complexity index is 1280. The first-order valence-electron chi connectivity index (χ1n) is 13.4. The Morgan fingerprint density at radius 3 is 2.16 bits per heavy atom. The molecule has 3 aliphatic rings. The van der Waals surface area contributed by atoms with E-state index in [1.54, 1.807) is 0 Å². The summed E-state index contributed by atoms with van der Waals surface area (Å²) in [6.07, 6.45) is 2.92. The van der Waals surface area contributed by atoms with Gasteiger partial charge in [0.2, 0.25) is 0 Å². The van der Waals surface area contributed by atoms with E-state index in [4.69, 9.17) is 19.9 Å². The Kier molecular flexibility index (Phi) is 6.27. The summed E-state index contributed by atoms with van der Waals surface area (Å²) in [6.45, 7) is 9.21. The standard InChI is InChI=1S/C30H35FN4O3/c1-19(27-26(31)28(34-18-33-27)35-14-30(15-35)16-36-17-30)37-23-8-4-20(5-9-23)29(2,3)21-6-10-24(11-7-21)38-25-12-22(32)13-25/h4-11,18-19,22,25H,12-17,32H2,1-3H3/t19?,22-,25-. The molecule has 1 aliphatic carbocycles. The Hall–Kier alpha value is -3.23. The maximum Gasteiger partial charge on any atom is 0.190 e. The van der Waals surface area contributed by atoms with Crippen molar-refractivity contribution in [3.63, 3.8) is 0 Å². The van der Waals surface area contributed by atoms with Crippen LogP contribution in [0.5, 0.6) is 11.5 Å². The van der Waals surface area contributed by atoms with Gasteiger partial charge in [-0.1, -0.05) is 38.1 Å². The molecule has 3 heterocycles. The van der Waals surface area contributed by atoms with Gasteiger partial charge in [0, 0.05) is 24.5 Å². The molecule has 2 aromatic carbocycles. The Morgan fingerprint density at radius 2 is 1.61 bits per heavy atom. The minimum Gasteiger partial charge on any atom is -0.490 e. The highest BCUT2D eigenvalue weighted by atomic mass is 19.1. The van der Waals surface area contributed by atoms with E-state index in [9.17, 15) is 0 Å². The van der Waals surface area contributed by atoms with Gasteiger partial charge >= 0.3 is 0 Å². The summed E-state index contributed by atoms with van der Waals surface area (Å²) in [5.74, 6) is 1.46. The van der Waals surface area contributed by atoms with Crippen molar-refractivity contribution in [2.45, 2.75) is 57.3 Å². The highest BCUT2D eigenvalue weighted by Crippen LogP contribution is 2.41. The second kappa shape index (κ2) is 9.50. The van der Waals surface area contributed by atoms with Crippen molar-refractivity contribution in [1.82, 2.24) is 9.97 Å². The second-order valence-electron chi connectivity index (χ2n) is 11.7. The van der Waals surface area contributed by atoms with Crippen LogP contribution in [0.25, 0.3) is 0 Å². The van der Waals surface area contributed by atoms with E-state index in [-0.39, 0.29) is 28.7 Å². The average Bonchev–Trinajstić information content (AvgIpc) is 2.83. The normalized spacial score (nSPS) is 22.7. The van der Waals surface area contributed by atoms with Crippen molar-refractivity contribution in [3.05, 3.63) is 77.5 Å². The number of ether oxygens (including phenoxy) is 3. The van der Waals surface area contributed by atoms with Crippen LogP contribution >= 0.6 is 0 Å². The molecule has 0 amide bonds. The van der Waals surface area contributed by atoms with E-state index >= 15 is 4.39 Å². The van der Waals surface area contributed by atoms with Gasteiger partial charge in [-0.3, -0.25) is 0 Å². The Morgan fingerprint density at radius 1 is 1.00 bits per heavy atom. The number of nitrogens with zero attached hydrogens (tertiary/aromatic N) is 3. The minimum absolute atomic E-state index is 0.176. The van der Waals surface area contributed by atoms with E-state index in [0.717, 1.165) is 50.5 Å². The van der Waals surface area contributed by atoms with Crippen molar-refractivity contribution in [2.75, 3.05) is 31.2 Å². The SMILES string of the molecule is CC(Oc1ccc(C(C)(C)c2ccc(O[C@H]3C[C@H](N)C3)cc2)cc1)c1ncnc(N2CC3(COC3)C2)c1F. The molecule has 200 valence electrons. The topological polar surface area (TPSA) is 82.7 Å². The van der Waals surface area contributed by atoms with Gasteiger partial charge in [0.15, 0.2) is 11.6 Å². The zero-order chi connectivity index (χ0) is 26.5. The zero-order valence-corrected chi connectivity index (χ0v) is 22.2. The van der Waals surface area contributed by atoms with E-state index in [1.165, 1.54) is 11.9 Å². The first kappa shape index (κ1) is 25.1. The monoisotopic (exact) mass is 518 g/mol. The number of rotatable bonds is 8. The van der Waals surface area contributed by atoms with E-state index in [2.05, 4.69) is 48.1 Å². The van der Waals surface area contributed by atoms with Crippen LogP contribution in [0.2, 0.25) is 0 Å².